The molecule has 4 aromatic carbocycles. The van der Waals surface area contributed by atoms with E-state index >= 15 is 4.39 Å². The Hall–Kier alpha value is -5.42. The van der Waals surface area contributed by atoms with E-state index in [4.69, 9.17) is 9.47 Å². The van der Waals surface area contributed by atoms with Gasteiger partial charge in [-0.3, -0.25) is 19.7 Å². The number of amides is 3. The molecular formula is C51H55FN4O6. The average Bonchev–Trinajstić information content (AvgIpc) is 3.80. The number of likely N-dealkylation sites (tertiary alicyclic amines) is 1. The van der Waals surface area contributed by atoms with Gasteiger partial charge in [-0.15, -0.1) is 0 Å². The summed E-state index contributed by atoms with van der Waals surface area (Å²) in [7, 11) is 1.69. The molecule has 0 aromatic heterocycles. The standard InChI is InChI=1S/C51H55FN4O6/c1-61-44-25-43(41(52)24-38(44)46-35(32-5-3-2-4-6-32)9-7-33-23-34(57)8-10-36(33)46)55-28-50(29-55)17-15-31(16-18-50)26-54-21-19-51(20-22-54)30-62-47-39-27-56(42-13-14-45(58)53-48(42)59)49(60)37(39)11-12-40(47)51/h2-6,8,10-12,23-25,31,35,42,46,57H,7,9,13-22,26-30H2,1H3,(H,53,58,59)/t35-,42-,46+/m0/s1. The van der Waals surface area contributed by atoms with Gasteiger partial charge in [0.2, 0.25) is 11.8 Å². The monoisotopic (exact) mass is 838 g/mol. The van der Waals surface area contributed by atoms with Gasteiger partial charge in [0.25, 0.3) is 5.91 Å². The number of phenols is 1. The molecule has 3 saturated heterocycles. The zero-order valence-corrected chi connectivity index (χ0v) is 35.5. The number of hydrogen-bond donors (Lipinski definition) is 2. The molecule has 4 aromatic rings. The number of carbonyl (C=O) groups is 3. The number of ether oxygens (including phenoxy) is 2. The first kappa shape index (κ1) is 39.4. The molecule has 2 spiro atoms. The van der Waals surface area contributed by atoms with E-state index in [0.717, 1.165) is 99.3 Å². The Morgan fingerprint density at radius 2 is 1.68 bits per heavy atom. The quantitative estimate of drug-likeness (QED) is 0.184. The minimum Gasteiger partial charge on any atom is -0.508 e. The highest BCUT2D eigenvalue weighted by molar-refractivity contribution is 6.05. The SMILES string of the molecule is COc1cc(N2CC3(CCC(CN4CCC5(CC4)COc4c5ccc5c4CN([C@H]4CCC(=O)NC4=O)C5=O)CC3)C2)c(F)cc1[C@H]1c2ccc(O)cc2CC[C@H]1c1ccccc1. The number of hydrogen-bond acceptors (Lipinski definition) is 8. The van der Waals surface area contributed by atoms with Gasteiger partial charge in [0, 0.05) is 71.1 Å². The molecule has 62 heavy (non-hydrogen) atoms. The van der Waals surface area contributed by atoms with Crippen LogP contribution in [0.5, 0.6) is 17.2 Å². The van der Waals surface area contributed by atoms with E-state index in [-0.39, 0.29) is 52.5 Å². The van der Waals surface area contributed by atoms with Gasteiger partial charge in [-0.25, -0.2) is 4.39 Å². The first-order chi connectivity index (χ1) is 30.1. The second-order valence-electron chi connectivity index (χ2n) is 19.5. The van der Waals surface area contributed by atoms with Crippen LogP contribution >= 0.6 is 0 Å². The Labute approximate surface area is 362 Å². The predicted octanol–water partition coefficient (Wildman–Crippen LogP) is 7.59. The lowest BCUT2D eigenvalue weighted by Crippen LogP contribution is -2.58. The van der Waals surface area contributed by atoms with Crippen molar-refractivity contribution in [1.82, 2.24) is 15.1 Å². The molecule has 1 saturated carbocycles. The Bertz CT molecular complexity index is 2450. The minimum atomic E-state index is -0.637. The summed E-state index contributed by atoms with van der Waals surface area (Å²) >= 11 is 0. The number of halogens is 1. The number of aromatic hydroxyl groups is 1. The normalized spacial score (nSPS) is 25.3. The Kier molecular flexibility index (Phi) is 9.63. The van der Waals surface area contributed by atoms with Crippen LogP contribution in [0, 0.1) is 17.2 Å². The van der Waals surface area contributed by atoms with Gasteiger partial charge in [-0.2, -0.15) is 0 Å². The molecule has 0 bridgehead atoms. The van der Waals surface area contributed by atoms with Crippen LogP contribution in [0.1, 0.15) is 113 Å². The van der Waals surface area contributed by atoms with Crippen LogP contribution < -0.4 is 19.7 Å². The fraction of sp³-hybridized carbons (Fsp3) is 0.471. The topological polar surface area (TPSA) is 112 Å². The van der Waals surface area contributed by atoms with Gasteiger partial charge in [0.1, 0.15) is 29.1 Å². The number of aryl methyl sites for hydroxylation is 1. The molecule has 11 rings (SSSR count). The number of fused-ring (bicyclic) bond motifs is 5. The molecular weight excluding hydrogens is 784 g/mol. The summed E-state index contributed by atoms with van der Waals surface area (Å²) in [6, 6.07) is 23.2. The maximum absolute atomic E-state index is 16.4. The van der Waals surface area contributed by atoms with Crippen LogP contribution in [0.4, 0.5) is 10.1 Å². The first-order valence-corrected chi connectivity index (χ1v) is 22.8. The smallest absolute Gasteiger partial charge is 0.255 e. The van der Waals surface area contributed by atoms with Gasteiger partial charge in [-0.1, -0.05) is 42.5 Å². The number of methoxy groups -OCH3 is 1. The number of nitrogens with zero attached hydrogens (tertiary/aromatic N) is 3. The van der Waals surface area contributed by atoms with E-state index in [1.165, 1.54) is 24.0 Å². The van der Waals surface area contributed by atoms with E-state index in [2.05, 4.69) is 45.4 Å². The lowest BCUT2D eigenvalue weighted by molar-refractivity contribution is -0.136. The third-order valence-corrected chi connectivity index (χ3v) is 16.1. The third-order valence-electron chi connectivity index (χ3n) is 16.1. The molecule has 4 fully saturated rings. The van der Waals surface area contributed by atoms with Crippen LogP contribution in [-0.2, 0) is 28.0 Å². The number of piperidine rings is 2. The Balaban J connectivity index is 0.713. The second kappa shape index (κ2) is 15.1. The highest BCUT2D eigenvalue weighted by atomic mass is 19.1. The average molecular weight is 839 g/mol. The molecule has 3 atom stereocenters. The number of anilines is 1. The lowest BCUT2D eigenvalue weighted by Gasteiger charge is -2.55. The first-order valence-electron chi connectivity index (χ1n) is 22.8. The van der Waals surface area contributed by atoms with E-state index in [1.54, 1.807) is 24.1 Å². The highest BCUT2D eigenvalue weighted by Crippen LogP contribution is 2.54. The van der Waals surface area contributed by atoms with Crippen LogP contribution in [0.3, 0.4) is 0 Å². The molecule has 11 heteroatoms. The van der Waals surface area contributed by atoms with Gasteiger partial charge >= 0.3 is 0 Å². The molecule has 3 amide bonds. The van der Waals surface area contributed by atoms with E-state index in [9.17, 15) is 19.5 Å². The largest absolute Gasteiger partial charge is 0.508 e. The van der Waals surface area contributed by atoms with Crippen molar-refractivity contribution in [1.29, 1.82) is 0 Å². The van der Waals surface area contributed by atoms with Crippen molar-refractivity contribution >= 4 is 23.4 Å². The van der Waals surface area contributed by atoms with Crippen molar-refractivity contribution in [2.75, 3.05) is 51.3 Å². The van der Waals surface area contributed by atoms with Crippen molar-refractivity contribution in [3.05, 3.63) is 118 Å². The maximum atomic E-state index is 16.4. The molecule has 10 nitrogen and oxygen atoms in total. The predicted molar refractivity (Wildman–Crippen MR) is 232 cm³/mol. The molecule has 322 valence electrons. The molecule has 7 aliphatic rings. The van der Waals surface area contributed by atoms with Crippen LogP contribution in [-0.4, -0.2) is 85.1 Å². The molecule has 2 N–H and O–H groups in total. The van der Waals surface area contributed by atoms with Crippen molar-refractivity contribution in [3.63, 3.8) is 0 Å². The number of nitrogens with one attached hydrogen (secondary N) is 1. The molecule has 5 aliphatic heterocycles. The molecule has 0 radical (unpaired) electrons. The molecule has 0 unspecified atom stereocenters. The highest BCUT2D eigenvalue weighted by Gasteiger charge is 2.49. The van der Waals surface area contributed by atoms with Gasteiger partial charge in [-0.05, 0) is 124 Å². The van der Waals surface area contributed by atoms with Crippen molar-refractivity contribution in [2.24, 2.45) is 11.3 Å². The van der Waals surface area contributed by atoms with Crippen molar-refractivity contribution in [3.8, 4) is 17.2 Å². The summed E-state index contributed by atoms with van der Waals surface area (Å²) in [5.74, 6) is 1.46. The van der Waals surface area contributed by atoms with Crippen LogP contribution in [0.25, 0.3) is 0 Å². The summed E-state index contributed by atoms with van der Waals surface area (Å²) in [5.41, 5.74) is 7.79. The summed E-state index contributed by atoms with van der Waals surface area (Å²) < 4.78 is 28.9. The van der Waals surface area contributed by atoms with Crippen LogP contribution in [0.2, 0.25) is 0 Å². The fourth-order valence-electron chi connectivity index (χ4n) is 12.6. The Morgan fingerprint density at radius 1 is 0.887 bits per heavy atom. The van der Waals surface area contributed by atoms with E-state index < -0.39 is 11.9 Å². The number of benzene rings is 4. The molecule has 2 aliphatic carbocycles. The lowest BCUT2D eigenvalue weighted by atomic mass is 9.65. The Morgan fingerprint density at radius 3 is 2.44 bits per heavy atom. The second-order valence-corrected chi connectivity index (χ2v) is 19.5. The summed E-state index contributed by atoms with van der Waals surface area (Å²) in [4.78, 5) is 44.3. The minimum absolute atomic E-state index is 0.0669. The van der Waals surface area contributed by atoms with Crippen molar-refractivity contribution < 1.29 is 33.4 Å². The number of carbonyl (C=O) groups excluding carboxylic acids is 3. The number of imide groups is 1. The number of rotatable bonds is 7. The summed E-state index contributed by atoms with van der Waals surface area (Å²) in [6.45, 7) is 5.80. The summed E-state index contributed by atoms with van der Waals surface area (Å²) in [5, 5.41) is 12.7. The van der Waals surface area contributed by atoms with E-state index in [1.807, 2.05) is 30.3 Å². The van der Waals surface area contributed by atoms with Crippen molar-refractivity contribution in [2.45, 2.75) is 94.0 Å². The number of phenolic OH excluding ortho intramolecular Hbond substituents is 1. The fourth-order valence-corrected chi connectivity index (χ4v) is 12.6. The summed E-state index contributed by atoms with van der Waals surface area (Å²) in [6.07, 6.45) is 9.05. The zero-order chi connectivity index (χ0) is 42.3. The van der Waals surface area contributed by atoms with Gasteiger partial charge in [0.15, 0.2) is 0 Å². The van der Waals surface area contributed by atoms with E-state index in [0.29, 0.717) is 42.5 Å². The molecule has 5 heterocycles. The van der Waals surface area contributed by atoms with Crippen LogP contribution in [0.15, 0.2) is 72.8 Å². The van der Waals surface area contributed by atoms with Gasteiger partial charge < -0.3 is 29.3 Å². The zero-order valence-electron chi connectivity index (χ0n) is 35.5. The van der Waals surface area contributed by atoms with Gasteiger partial charge in [0.05, 0.1) is 25.9 Å². The maximum Gasteiger partial charge on any atom is 0.255 e. The third kappa shape index (κ3) is 6.56.